The summed E-state index contributed by atoms with van der Waals surface area (Å²) in [5.74, 6) is 0.814. The predicted molar refractivity (Wildman–Crippen MR) is 117 cm³/mol. The van der Waals surface area contributed by atoms with Crippen LogP contribution >= 0.6 is 0 Å². The molecule has 5 rings (SSSR count). The average molecular weight is 406 g/mol. The summed E-state index contributed by atoms with van der Waals surface area (Å²) in [6.07, 6.45) is 5.59. The second-order valence-electron chi connectivity index (χ2n) is 7.96. The van der Waals surface area contributed by atoms with Crippen LogP contribution in [0.1, 0.15) is 25.3 Å². The van der Waals surface area contributed by atoms with Crippen LogP contribution < -0.4 is 16.2 Å². The molecule has 0 bridgehead atoms. The van der Waals surface area contributed by atoms with Gasteiger partial charge in [-0.25, -0.2) is 9.67 Å². The van der Waals surface area contributed by atoms with Crippen LogP contribution in [0.2, 0.25) is 0 Å². The zero-order valence-electron chi connectivity index (χ0n) is 17.3. The van der Waals surface area contributed by atoms with Crippen molar-refractivity contribution < 1.29 is 0 Å². The molecule has 9 heteroatoms. The molecule has 4 aromatic rings. The number of nitrogens with two attached hydrogens (primary N) is 1. The van der Waals surface area contributed by atoms with Crippen molar-refractivity contribution >= 4 is 27.9 Å². The predicted octanol–water partition coefficient (Wildman–Crippen LogP) is 1.48. The standard InChI is InChI=1S/C21H26N8O/c1-3-28-19-17(25-21(28)27-9-5-7-15(22)13-27)11-24-29(20(19)30)12-14-6-4-8-18-16(14)10-23-26(18)2/h4,6,8,10-11,15H,3,5,7,9,12-13,22H2,1-2H3/t15-/m1/s1. The number of piperidine rings is 1. The number of benzene rings is 1. The molecular weight excluding hydrogens is 380 g/mol. The number of imidazole rings is 1. The molecule has 1 aliphatic rings. The summed E-state index contributed by atoms with van der Waals surface area (Å²) in [4.78, 5) is 20.3. The van der Waals surface area contributed by atoms with Crippen molar-refractivity contribution in [3.05, 3.63) is 46.5 Å². The molecule has 156 valence electrons. The molecule has 0 spiro atoms. The van der Waals surface area contributed by atoms with Crippen LogP contribution in [0.15, 0.2) is 35.4 Å². The molecule has 1 saturated heterocycles. The van der Waals surface area contributed by atoms with E-state index < -0.39 is 0 Å². The van der Waals surface area contributed by atoms with Gasteiger partial charge in [0.15, 0.2) is 0 Å². The molecule has 30 heavy (non-hydrogen) atoms. The minimum Gasteiger partial charge on any atom is -0.341 e. The lowest BCUT2D eigenvalue weighted by Crippen LogP contribution is -2.44. The lowest BCUT2D eigenvalue weighted by atomic mass is 10.1. The summed E-state index contributed by atoms with van der Waals surface area (Å²) in [7, 11) is 1.91. The molecular formula is C21H26N8O. The molecule has 0 saturated carbocycles. The highest BCUT2D eigenvalue weighted by atomic mass is 16.1. The van der Waals surface area contributed by atoms with Crippen molar-refractivity contribution in [3.63, 3.8) is 0 Å². The number of rotatable bonds is 4. The van der Waals surface area contributed by atoms with E-state index >= 15 is 0 Å². The monoisotopic (exact) mass is 406 g/mol. The fourth-order valence-electron chi connectivity index (χ4n) is 4.46. The molecule has 1 atom stereocenters. The van der Waals surface area contributed by atoms with Gasteiger partial charge < -0.3 is 15.2 Å². The molecule has 1 aromatic carbocycles. The van der Waals surface area contributed by atoms with Gasteiger partial charge >= 0.3 is 0 Å². The highest BCUT2D eigenvalue weighted by Crippen LogP contribution is 2.23. The zero-order chi connectivity index (χ0) is 20.8. The maximum atomic E-state index is 13.4. The van der Waals surface area contributed by atoms with Crippen LogP contribution in [0.4, 0.5) is 5.95 Å². The topological polar surface area (TPSA) is 99.8 Å². The number of fused-ring (bicyclic) bond motifs is 2. The summed E-state index contributed by atoms with van der Waals surface area (Å²) in [5.41, 5.74) is 9.32. The van der Waals surface area contributed by atoms with E-state index in [1.807, 2.05) is 47.6 Å². The van der Waals surface area contributed by atoms with Crippen molar-refractivity contribution in [1.82, 2.24) is 29.1 Å². The van der Waals surface area contributed by atoms with E-state index in [1.165, 1.54) is 4.68 Å². The van der Waals surface area contributed by atoms with E-state index in [0.29, 0.717) is 24.1 Å². The number of hydrogen-bond acceptors (Lipinski definition) is 6. The van der Waals surface area contributed by atoms with Crippen LogP contribution in [0.25, 0.3) is 21.9 Å². The molecule has 1 fully saturated rings. The highest BCUT2D eigenvalue weighted by Gasteiger charge is 2.24. The van der Waals surface area contributed by atoms with Crippen LogP contribution in [0.3, 0.4) is 0 Å². The minimum absolute atomic E-state index is 0.129. The quantitative estimate of drug-likeness (QED) is 0.551. The van der Waals surface area contributed by atoms with Crippen molar-refractivity contribution in [3.8, 4) is 0 Å². The number of nitrogens with zero attached hydrogens (tertiary/aromatic N) is 7. The Balaban J connectivity index is 1.59. The van der Waals surface area contributed by atoms with Gasteiger partial charge in [-0.05, 0) is 31.4 Å². The van der Waals surface area contributed by atoms with Crippen LogP contribution in [-0.2, 0) is 20.1 Å². The molecule has 0 aliphatic carbocycles. The molecule has 2 N–H and O–H groups in total. The first kappa shape index (κ1) is 18.8. The summed E-state index contributed by atoms with van der Waals surface area (Å²) < 4.78 is 5.35. The Morgan fingerprint density at radius 3 is 2.90 bits per heavy atom. The Morgan fingerprint density at radius 2 is 2.10 bits per heavy atom. The molecule has 4 heterocycles. The second-order valence-corrected chi connectivity index (χ2v) is 7.96. The van der Waals surface area contributed by atoms with Crippen LogP contribution in [-0.4, -0.2) is 48.2 Å². The Labute approximate surface area is 173 Å². The Morgan fingerprint density at radius 1 is 1.23 bits per heavy atom. The van der Waals surface area contributed by atoms with Crippen LogP contribution in [0.5, 0.6) is 0 Å². The second kappa shape index (κ2) is 7.24. The van der Waals surface area contributed by atoms with Gasteiger partial charge in [-0.1, -0.05) is 12.1 Å². The summed E-state index contributed by atoms with van der Waals surface area (Å²) in [6, 6.07) is 6.16. The van der Waals surface area contributed by atoms with E-state index in [1.54, 1.807) is 6.20 Å². The maximum absolute atomic E-state index is 13.4. The smallest absolute Gasteiger partial charge is 0.293 e. The Hall–Kier alpha value is -3.20. The van der Waals surface area contributed by atoms with Gasteiger partial charge in [0.25, 0.3) is 5.56 Å². The SMILES string of the molecule is CCn1c(N2CCC[C@@H](N)C2)nc2cnn(Cc3cccc4c3cnn4C)c(=O)c21. The third kappa shape index (κ3) is 2.97. The number of aromatic nitrogens is 6. The Bertz CT molecular complexity index is 1280. The minimum atomic E-state index is -0.129. The molecule has 9 nitrogen and oxygen atoms in total. The largest absolute Gasteiger partial charge is 0.341 e. The fourth-order valence-corrected chi connectivity index (χ4v) is 4.46. The van der Waals surface area contributed by atoms with Gasteiger partial charge in [0.05, 0.1) is 24.5 Å². The molecule has 0 radical (unpaired) electrons. The fraction of sp³-hybridized carbons (Fsp3) is 0.429. The normalized spacial score (nSPS) is 17.3. The molecule has 0 amide bonds. The van der Waals surface area contributed by atoms with Gasteiger partial charge in [0, 0.05) is 38.1 Å². The van der Waals surface area contributed by atoms with Crippen molar-refractivity contribution in [2.45, 2.75) is 38.9 Å². The third-order valence-corrected chi connectivity index (χ3v) is 5.99. The van der Waals surface area contributed by atoms with Gasteiger partial charge in [-0.15, -0.1) is 0 Å². The van der Waals surface area contributed by atoms with Gasteiger partial charge in [0.2, 0.25) is 5.95 Å². The van der Waals surface area contributed by atoms with E-state index in [9.17, 15) is 4.79 Å². The zero-order valence-corrected chi connectivity index (χ0v) is 17.3. The van der Waals surface area contributed by atoms with E-state index in [2.05, 4.69) is 15.1 Å². The highest BCUT2D eigenvalue weighted by molar-refractivity contribution is 5.82. The first-order chi connectivity index (χ1) is 14.6. The van der Waals surface area contributed by atoms with Gasteiger partial charge in [-0.2, -0.15) is 10.2 Å². The molecule has 3 aromatic heterocycles. The number of hydrogen-bond donors (Lipinski definition) is 1. The first-order valence-electron chi connectivity index (χ1n) is 10.4. The number of anilines is 1. The van der Waals surface area contributed by atoms with Gasteiger partial charge in [-0.3, -0.25) is 9.48 Å². The van der Waals surface area contributed by atoms with E-state index in [-0.39, 0.29) is 11.6 Å². The lowest BCUT2D eigenvalue weighted by molar-refractivity contribution is 0.494. The van der Waals surface area contributed by atoms with Crippen molar-refractivity contribution in [2.75, 3.05) is 18.0 Å². The maximum Gasteiger partial charge on any atom is 0.293 e. The summed E-state index contributed by atoms with van der Waals surface area (Å²) >= 11 is 0. The lowest BCUT2D eigenvalue weighted by Gasteiger charge is -2.31. The van der Waals surface area contributed by atoms with E-state index in [4.69, 9.17) is 10.7 Å². The Kier molecular flexibility index (Phi) is 4.54. The van der Waals surface area contributed by atoms with Crippen LogP contribution in [0, 0.1) is 0 Å². The summed E-state index contributed by atoms with van der Waals surface area (Å²) in [6.45, 7) is 4.75. The van der Waals surface area contributed by atoms with E-state index in [0.717, 1.165) is 48.3 Å². The third-order valence-electron chi connectivity index (χ3n) is 5.99. The summed E-state index contributed by atoms with van der Waals surface area (Å²) in [5, 5.41) is 9.79. The van der Waals surface area contributed by atoms with Crippen molar-refractivity contribution in [2.24, 2.45) is 12.8 Å². The van der Waals surface area contributed by atoms with Crippen molar-refractivity contribution in [1.29, 1.82) is 0 Å². The molecule has 1 aliphatic heterocycles. The van der Waals surface area contributed by atoms with Gasteiger partial charge in [0.1, 0.15) is 11.0 Å². The average Bonchev–Trinajstić information content (AvgIpc) is 3.32. The first-order valence-corrected chi connectivity index (χ1v) is 10.4. The molecule has 0 unspecified atom stereocenters. The number of aryl methyl sites for hydroxylation is 2.